The van der Waals surface area contributed by atoms with Crippen molar-refractivity contribution in [1.82, 2.24) is 5.43 Å². The van der Waals surface area contributed by atoms with Crippen molar-refractivity contribution in [3.63, 3.8) is 0 Å². The van der Waals surface area contributed by atoms with Crippen molar-refractivity contribution < 1.29 is 14.5 Å². The van der Waals surface area contributed by atoms with E-state index in [1.807, 2.05) is 6.07 Å². The third kappa shape index (κ3) is 4.75. The summed E-state index contributed by atoms with van der Waals surface area (Å²) in [4.78, 5) is 34.1. The van der Waals surface area contributed by atoms with Crippen LogP contribution in [0.25, 0.3) is 0 Å². The summed E-state index contributed by atoms with van der Waals surface area (Å²) in [7, 11) is 0. The predicted octanol–water partition coefficient (Wildman–Crippen LogP) is 3.10. The molecule has 8 heteroatoms. The maximum atomic E-state index is 12.1. The Hall–Kier alpha value is -3.55. The van der Waals surface area contributed by atoms with E-state index in [0.29, 0.717) is 11.4 Å². The van der Waals surface area contributed by atoms with Gasteiger partial charge in [-0.15, -0.1) is 0 Å². The molecule has 1 aliphatic rings. The van der Waals surface area contributed by atoms with Gasteiger partial charge >= 0.3 is 0 Å². The van der Waals surface area contributed by atoms with Crippen LogP contribution in [0.2, 0.25) is 0 Å². The number of benzene rings is 2. The Balaban J connectivity index is 1.65. The summed E-state index contributed by atoms with van der Waals surface area (Å²) in [6.07, 6.45) is 1.86. The second kappa shape index (κ2) is 7.77. The van der Waals surface area contributed by atoms with Gasteiger partial charge in [-0.2, -0.15) is 5.10 Å². The summed E-state index contributed by atoms with van der Waals surface area (Å²) in [6, 6.07) is 12.5. The minimum Gasteiger partial charge on any atom is -0.326 e. The number of carbonyl (C=O) groups is 2. The van der Waals surface area contributed by atoms with E-state index in [1.54, 1.807) is 25.1 Å². The van der Waals surface area contributed by atoms with Gasteiger partial charge in [0.1, 0.15) is 0 Å². The molecule has 1 aliphatic carbocycles. The van der Waals surface area contributed by atoms with Crippen molar-refractivity contribution in [2.45, 2.75) is 19.8 Å². The lowest BCUT2D eigenvalue weighted by Gasteiger charge is -2.07. The van der Waals surface area contributed by atoms with Crippen LogP contribution in [-0.2, 0) is 4.79 Å². The molecule has 138 valence electrons. The Bertz CT molecular complexity index is 918. The van der Waals surface area contributed by atoms with Gasteiger partial charge in [0.25, 0.3) is 11.6 Å². The number of nitrogens with one attached hydrogen (secondary N) is 2. The molecule has 1 fully saturated rings. The molecule has 2 N–H and O–H groups in total. The lowest BCUT2D eigenvalue weighted by Crippen LogP contribution is -2.19. The van der Waals surface area contributed by atoms with Gasteiger partial charge in [-0.3, -0.25) is 19.7 Å². The normalized spacial score (nSPS) is 13.7. The zero-order valence-electron chi connectivity index (χ0n) is 14.6. The second-order valence-corrected chi connectivity index (χ2v) is 6.29. The fourth-order valence-corrected chi connectivity index (χ4v) is 2.41. The molecule has 0 radical (unpaired) electrons. The summed E-state index contributed by atoms with van der Waals surface area (Å²) in [5.41, 5.74) is 4.61. The van der Waals surface area contributed by atoms with Crippen molar-refractivity contribution in [1.29, 1.82) is 0 Å². The molecule has 0 saturated heterocycles. The monoisotopic (exact) mass is 366 g/mol. The number of rotatable bonds is 6. The highest BCUT2D eigenvalue weighted by atomic mass is 16.6. The molecule has 3 rings (SSSR count). The van der Waals surface area contributed by atoms with Gasteiger partial charge in [0.05, 0.1) is 10.6 Å². The number of nitro benzene ring substituents is 1. The first-order chi connectivity index (χ1) is 12.9. The minimum atomic E-state index is -0.529. The first-order valence-corrected chi connectivity index (χ1v) is 8.44. The van der Waals surface area contributed by atoms with Crippen molar-refractivity contribution in [3.8, 4) is 0 Å². The average molecular weight is 366 g/mol. The summed E-state index contributed by atoms with van der Waals surface area (Å²) in [5, 5.41) is 17.6. The Labute approximate surface area is 155 Å². The SMILES string of the molecule is C/C(=N/NC(=O)c1ccc([N+](=O)[O-])cc1)c1cccc(NC(=O)C2CC2)c1. The number of nitrogens with zero attached hydrogens (tertiary/aromatic N) is 2. The van der Waals surface area contributed by atoms with Crippen LogP contribution in [-0.4, -0.2) is 22.4 Å². The smallest absolute Gasteiger partial charge is 0.271 e. The van der Waals surface area contributed by atoms with Crippen LogP contribution in [0.4, 0.5) is 11.4 Å². The molecule has 2 aromatic rings. The van der Waals surface area contributed by atoms with Gasteiger partial charge in [-0.25, -0.2) is 5.43 Å². The molecule has 0 atom stereocenters. The van der Waals surface area contributed by atoms with Gasteiger partial charge in [0.15, 0.2) is 0 Å². The van der Waals surface area contributed by atoms with Crippen LogP contribution in [0.15, 0.2) is 53.6 Å². The van der Waals surface area contributed by atoms with E-state index >= 15 is 0 Å². The number of hydrogen-bond acceptors (Lipinski definition) is 5. The molecule has 0 aromatic heterocycles. The van der Waals surface area contributed by atoms with Crippen molar-refractivity contribution in [3.05, 3.63) is 69.8 Å². The third-order valence-corrected chi connectivity index (χ3v) is 4.16. The van der Waals surface area contributed by atoms with Crippen molar-refractivity contribution in [2.75, 3.05) is 5.32 Å². The zero-order chi connectivity index (χ0) is 19.4. The number of carbonyl (C=O) groups excluding carboxylic acids is 2. The molecule has 1 saturated carbocycles. The van der Waals surface area contributed by atoms with Crippen LogP contribution < -0.4 is 10.7 Å². The Kier molecular flexibility index (Phi) is 5.25. The van der Waals surface area contributed by atoms with Crippen LogP contribution in [0.3, 0.4) is 0 Å². The van der Waals surface area contributed by atoms with Gasteiger partial charge in [0, 0.05) is 29.3 Å². The molecule has 2 aromatic carbocycles. The number of amides is 2. The van der Waals surface area contributed by atoms with E-state index in [4.69, 9.17) is 0 Å². The van der Waals surface area contributed by atoms with Crippen LogP contribution in [0.5, 0.6) is 0 Å². The van der Waals surface area contributed by atoms with Crippen LogP contribution in [0.1, 0.15) is 35.7 Å². The number of non-ortho nitro benzene ring substituents is 1. The number of anilines is 1. The van der Waals surface area contributed by atoms with Crippen LogP contribution >= 0.6 is 0 Å². The van der Waals surface area contributed by atoms with Gasteiger partial charge in [-0.05, 0) is 49.6 Å². The Morgan fingerprint density at radius 1 is 1.11 bits per heavy atom. The molecule has 0 heterocycles. The van der Waals surface area contributed by atoms with E-state index in [9.17, 15) is 19.7 Å². The average Bonchev–Trinajstić information content (AvgIpc) is 3.51. The van der Waals surface area contributed by atoms with Crippen LogP contribution in [0, 0.1) is 16.0 Å². The molecular weight excluding hydrogens is 348 g/mol. The minimum absolute atomic E-state index is 0.0215. The molecule has 8 nitrogen and oxygen atoms in total. The molecule has 27 heavy (non-hydrogen) atoms. The fraction of sp³-hybridized carbons (Fsp3) is 0.211. The molecule has 0 bridgehead atoms. The van der Waals surface area contributed by atoms with Gasteiger partial charge in [0.2, 0.25) is 5.91 Å². The summed E-state index contributed by atoms with van der Waals surface area (Å²) < 4.78 is 0. The first-order valence-electron chi connectivity index (χ1n) is 8.44. The Morgan fingerprint density at radius 2 is 1.81 bits per heavy atom. The van der Waals surface area contributed by atoms with E-state index < -0.39 is 10.8 Å². The summed E-state index contributed by atoms with van der Waals surface area (Å²) in [6.45, 7) is 1.73. The lowest BCUT2D eigenvalue weighted by molar-refractivity contribution is -0.384. The second-order valence-electron chi connectivity index (χ2n) is 6.29. The maximum absolute atomic E-state index is 12.1. The topological polar surface area (TPSA) is 114 Å². The van der Waals surface area contributed by atoms with E-state index in [0.717, 1.165) is 18.4 Å². The zero-order valence-corrected chi connectivity index (χ0v) is 14.6. The number of hydrogen-bond donors (Lipinski definition) is 2. The molecule has 0 spiro atoms. The first kappa shape index (κ1) is 18.2. The predicted molar refractivity (Wildman–Crippen MR) is 101 cm³/mol. The van der Waals surface area contributed by atoms with Gasteiger partial charge in [-0.1, -0.05) is 12.1 Å². The summed E-state index contributed by atoms with van der Waals surface area (Å²) in [5.74, 6) is -0.333. The molecule has 0 unspecified atom stereocenters. The maximum Gasteiger partial charge on any atom is 0.271 e. The number of hydrazone groups is 1. The lowest BCUT2D eigenvalue weighted by atomic mass is 10.1. The standard InChI is InChI=1S/C19H18N4O4/c1-12(15-3-2-4-16(11-15)20-18(24)13-5-6-13)21-22-19(25)14-7-9-17(10-8-14)23(26)27/h2-4,7-11,13H,5-6H2,1H3,(H,20,24)(H,22,25)/b21-12-. The summed E-state index contributed by atoms with van der Waals surface area (Å²) >= 11 is 0. The van der Waals surface area contributed by atoms with Crippen molar-refractivity contribution in [2.24, 2.45) is 11.0 Å². The van der Waals surface area contributed by atoms with Gasteiger partial charge < -0.3 is 5.32 Å². The Morgan fingerprint density at radius 3 is 2.44 bits per heavy atom. The third-order valence-electron chi connectivity index (χ3n) is 4.16. The van der Waals surface area contributed by atoms with Crippen molar-refractivity contribution >= 4 is 28.9 Å². The largest absolute Gasteiger partial charge is 0.326 e. The van der Waals surface area contributed by atoms with E-state index in [-0.39, 0.29) is 23.1 Å². The van der Waals surface area contributed by atoms with E-state index in [2.05, 4.69) is 15.8 Å². The molecular formula is C19H18N4O4. The quantitative estimate of drug-likeness (QED) is 0.464. The fourth-order valence-electron chi connectivity index (χ4n) is 2.41. The highest BCUT2D eigenvalue weighted by molar-refractivity contribution is 6.02. The molecule has 2 amide bonds. The molecule has 0 aliphatic heterocycles. The van der Waals surface area contributed by atoms with E-state index in [1.165, 1.54) is 24.3 Å². The highest BCUT2D eigenvalue weighted by Crippen LogP contribution is 2.30. The number of nitro groups is 1. The highest BCUT2D eigenvalue weighted by Gasteiger charge is 2.29.